The molecule has 6 heteroatoms. The van der Waals surface area contributed by atoms with Gasteiger partial charge in [0.25, 0.3) is 0 Å². The van der Waals surface area contributed by atoms with Crippen LogP contribution < -0.4 is 10.6 Å². The molecule has 122 valence electrons. The number of rotatable bonds is 4. The fourth-order valence-electron chi connectivity index (χ4n) is 2.66. The summed E-state index contributed by atoms with van der Waals surface area (Å²) in [5.74, 6) is 0.739. The minimum Gasteiger partial charge on any atom is -0.338 e. The average molecular weight is 324 g/mol. The van der Waals surface area contributed by atoms with Gasteiger partial charge in [0.1, 0.15) is 9.84 Å². The zero-order valence-corrected chi connectivity index (χ0v) is 14.0. The zero-order valence-electron chi connectivity index (χ0n) is 13.2. The lowest BCUT2D eigenvalue weighted by atomic mass is 10.0. The molecular formula is C16H24N2O3S. The highest BCUT2D eigenvalue weighted by molar-refractivity contribution is 7.91. The van der Waals surface area contributed by atoms with E-state index in [1.54, 1.807) is 0 Å². The van der Waals surface area contributed by atoms with Gasteiger partial charge in [0.15, 0.2) is 0 Å². The summed E-state index contributed by atoms with van der Waals surface area (Å²) in [4.78, 5) is 11.8. The molecule has 22 heavy (non-hydrogen) atoms. The van der Waals surface area contributed by atoms with Crippen molar-refractivity contribution in [2.75, 3.05) is 18.1 Å². The molecule has 0 unspecified atom stereocenters. The van der Waals surface area contributed by atoms with Gasteiger partial charge in [-0.1, -0.05) is 23.8 Å². The number of nitrogens with one attached hydrogen (secondary N) is 2. The summed E-state index contributed by atoms with van der Waals surface area (Å²) < 4.78 is 22.7. The van der Waals surface area contributed by atoms with E-state index in [2.05, 4.69) is 16.7 Å². The van der Waals surface area contributed by atoms with Crippen LogP contribution in [0.5, 0.6) is 0 Å². The van der Waals surface area contributed by atoms with Crippen LogP contribution in [0, 0.1) is 19.8 Å². The third-order valence-electron chi connectivity index (χ3n) is 4.16. The molecule has 0 bridgehead atoms. The predicted octanol–water partition coefficient (Wildman–Crippen LogP) is 1.93. The molecule has 1 aromatic rings. The van der Waals surface area contributed by atoms with Crippen LogP contribution in [0.15, 0.2) is 18.2 Å². The molecule has 1 aliphatic rings. The van der Waals surface area contributed by atoms with Crippen molar-refractivity contribution < 1.29 is 13.2 Å². The molecule has 1 fully saturated rings. The van der Waals surface area contributed by atoms with E-state index in [4.69, 9.17) is 0 Å². The number of hydrogen-bond acceptors (Lipinski definition) is 3. The Bertz CT molecular complexity index is 627. The molecule has 0 radical (unpaired) electrons. The van der Waals surface area contributed by atoms with E-state index in [-0.39, 0.29) is 23.5 Å². The van der Waals surface area contributed by atoms with Gasteiger partial charge in [-0.25, -0.2) is 13.2 Å². The molecular weight excluding hydrogens is 300 g/mol. The maximum atomic E-state index is 11.8. The zero-order chi connectivity index (χ0) is 16.2. The van der Waals surface area contributed by atoms with Gasteiger partial charge in [0, 0.05) is 13.1 Å². The second-order valence-electron chi connectivity index (χ2n) is 6.09. The quantitative estimate of drug-likeness (QED) is 0.888. The molecule has 0 atom stereocenters. The van der Waals surface area contributed by atoms with Gasteiger partial charge in [-0.05, 0) is 43.7 Å². The highest BCUT2D eigenvalue weighted by atomic mass is 32.2. The Labute approximate surface area is 132 Å². The molecule has 2 N–H and O–H groups in total. The number of sulfone groups is 1. The summed E-state index contributed by atoms with van der Waals surface area (Å²) in [7, 11) is -2.84. The number of carbonyl (C=O) groups excluding carboxylic acids is 1. The van der Waals surface area contributed by atoms with Crippen molar-refractivity contribution >= 4 is 15.9 Å². The minimum absolute atomic E-state index is 0.201. The Kier molecular flexibility index (Phi) is 5.45. The van der Waals surface area contributed by atoms with E-state index in [9.17, 15) is 13.2 Å². The summed E-state index contributed by atoms with van der Waals surface area (Å²) in [5.41, 5.74) is 3.47. The first-order chi connectivity index (χ1) is 10.4. The molecule has 1 heterocycles. The van der Waals surface area contributed by atoms with Crippen molar-refractivity contribution in [2.45, 2.75) is 33.2 Å². The second-order valence-corrected chi connectivity index (χ2v) is 8.39. The Hall–Kier alpha value is -1.56. The second kappa shape index (κ2) is 7.13. The summed E-state index contributed by atoms with van der Waals surface area (Å²) in [6.07, 6.45) is 1.28. The molecule has 2 rings (SSSR count). The minimum atomic E-state index is -2.84. The maximum Gasteiger partial charge on any atom is 0.315 e. The van der Waals surface area contributed by atoms with Crippen LogP contribution in [0.25, 0.3) is 0 Å². The molecule has 1 saturated heterocycles. The first-order valence-corrected chi connectivity index (χ1v) is 9.46. The first-order valence-electron chi connectivity index (χ1n) is 7.64. The first kappa shape index (κ1) is 16.8. The Morgan fingerprint density at radius 1 is 1.18 bits per heavy atom. The van der Waals surface area contributed by atoms with Crippen molar-refractivity contribution in [1.29, 1.82) is 0 Å². The van der Waals surface area contributed by atoms with Crippen LogP contribution in [0.2, 0.25) is 0 Å². The lowest BCUT2D eigenvalue weighted by Crippen LogP contribution is -2.39. The average Bonchev–Trinajstić information content (AvgIpc) is 2.45. The van der Waals surface area contributed by atoms with Gasteiger partial charge in [-0.15, -0.1) is 0 Å². The number of hydrogen-bond donors (Lipinski definition) is 2. The van der Waals surface area contributed by atoms with Crippen LogP contribution in [-0.4, -0.2) is 32.5 Å². The topological polar surface area (TPSA) is 75.3 Å². The summed E-state index contributed by atoms with van der Waals surface area (Å²) >= 11 is 0. The third-order valence-corrected chi connectivity index (χ3v) is 5.88. The van der Waals surface area contributed by atoms with Crippen molar-refractivity contribution in [1.82, 2.24) is 10.6 Å². The highest BCUT2D eigenvalue weighted by Gasteiger charge is 2.23. The number of urea groups is 1. The van der Waals surface area contributed by atoms with Crippen LogP contribution in [-0.2, 0) is 16.4 Å². The third kappa shape index (κ3) is 5.02. The molecule has 2 amide bonds. The summed E-state index contributed by atoms with van der Waals surface area (Å²) in [5, 5.41) is 5.68. The smallest absolute Gasteiger partial charge is 0.315 e. The SMILES string of the molecule is Cc1ccc(CNC(=O)NCC2CCS(=O)(=O)CC2)c(C)c1. The van der Waals surface area contributed by atoms with E-state index in [1.807, 2.05) is 26.0 Å². The summed E-state index contributed by atoms with van der Waals surface area (Å²) in [6.45, 7) is 5.11. The largest absolute Gasteiger partial charge is 0.338 e. The van der Waals surface area contributed by atoms with Gasteiger partial charge in [-0.3, -0.25) is 0 Å². The van der Waals surface area contributed by atoms with Gasteiger partial charge < -0.3 is 10.6 Å². The Morgan fingerprint density at radius 2 is 1.86 bits per heavy atom. The molecule has 0 saturated carbocycles. The standard InChI is InChI=1S/C16H24N2O3S/c1-12-3-4-15(13(2)9-12)11-18-16(19)17-10-14-5-7-22(20,21)8-6-14/h3-4,9,14H,5-8,10-11H2,1-2H3,(H2,17,18,19). The van der Waals surface area contributed by atoms with Crippen molar-refractivity contribution in [3.05, 3.63) is 34.9 Å². The molecule has 0 spiro atoms. The fraction of sp³-hybridized carbons (Fsp3) is 0.562. The fourth-order valence-corrected chi connectivity index (χ4v) is 4.25. The number of amides is 2. The Balaban J connectivity index is 1.72. The van der Waals surface area contributed by atoms with Gasteiger partial charge in [0.2, 0.25) is 0 Å². The van der Waals surface area contributed by atoms with Crippen LogP contribution in [0.1, 0.15) is 29.5 Å². The number of aryl methyl sites for hydroxylation is 2. The van der Waals surface area contributed by atoms with Crippen LogP contribution >= 0.6 is 0 Å². The van der Waals surface area contributed by atoms with Gasteiger partial charge >= 0.3 is 6.03 Å². The van der Waals surface area contributed by atoms with E-state index in [0.29, 0.717) is 25.9 Å². The Morgan fingerprint density at radius 3 is 2.50 bits per heavy atom. The predicted molar refractivity (Wildman–Crippen MR) is 87.5 cm³/mol. The van der Waals surface area contributed by atoms with E-state index < -0.39 is 9.84 Å². The van der Waals surface area contributed by atoms with Crippen molar-refractivity contribution in [3.63, 3.8) is 0 Å². The van der Waals surface area contributed by atoms with Gasteiger partial charge in [0.05, 0.1) is 11.5 Å². The molecule has 1 aromatic carbocycles. The lowest BCUT2D eigenvalue weighted by molar-refractivity contribution is 0.238. The summed E-state index contributed by atoms with van der Waals surface area (Å²) in [6, 6.07) is 5.95. The van der Waals surface area contributed by atoms with E-state index >= 15 is 0 Å². The monoisotopic (exact) mass is 324 g/mol. The van der Waals surface area contributed by atoms with Crippen molar-refractivity contribution in [2.24, 2.45) is 5.92 Å². The number of carbonyl (C=O) groups is 1. The highest BCUT2D eigenvalue weighted by Crippen LogP contribution is 2.17. The molecule has 0 aliphatic carbocycles. The molecule has 1 aliphatic heterocycles. The lowest BCUT2D eigenvalue weighted by Gasteiger charge is -2.22. The van der Waals surface area contributed by atoms with E-state index in [0.717, 1.165) is 11.1 Å². The van der Waals surface area contributed by atoms with Crippen molar-refractivity contribution in [3.8, 4) is 0 Å². The molecule has 5 nitrogen and oxygen atoms in total. The normalized spacial score (nSPS) is 17.9. The number of benzene rings is 1. The van der Waals surface area contributed by atoms with Crippen LogP contribution in [0.3, 0.4) is 0 Å². The van der Waals surface area contributed by atoms with Gasteiger partial charge in [-0.2, -0.15) is 0 Å². The molecule has 0 aromatic heterocycles. The maximum absolute atomic E-state index is 11.8. The van der Waals surface area contributed by atoms with E-state index in [1.165, 1.54) is 5.56 Å². The van der Waals surface area contributed by atoms with Crippen LogP contribution in [0.4, 0.5) is 4.79 Å².